The van der Waals surface area contributed by atoms with E-state index in [0.717, 1.165) is 6.42 Å². The molecule has 0 aliphatic carbocycles. The minimum Gasteiger partial charge on any atom is -0.442 e. The summed E-state index contributed by atoms with van der Waals surface area (Å²) in [6.07, 6.45) is 0.522. The molecular formula is C16H20N2O4. The summed E-state index contributed by atoms with van der Waals surface area (Å²) in [5.74, 6) is -0.0603. The van der Waals surface area contributed by atoms with Gasteiger partial charge < -0.3 is 10.1 Å². The number of anilines is 1. The molecule has 2 rings (SSSR count). The Labute approximate surface area is 129 Å². The molecule has 0 radical (unpaired) electrons. The molecule has 1 fully saturated rings. The van der Waals surface area contributed by atoms with Crippen LogP contribution in [-0.2, 0) is 9.53 Å². The van der Waals surface area contributed by atoms with Crippen LogP contribution in [0.5, 0.6) is 0 Å². The molecule has 2 amide bonds. The lowest BCUT2D eigenvalue weighted by molar-refractivity contribution is -0.119. The summed E-state index contributed by atoms with van der Waals surface area (Å²) < 4.78 is 5.20. The molecule has 6 nitrogen and oxygen atoms in total. The second-order valence-corrected chi connectivity index (χ2v) is 5.27. The predicted molar refractivity (Wildman–Crippen MR) is 82.0 cm³/mol. The number of nitrogens with one attached hydrogen (secondary N) is 1. The number of carbonyl (C=O) groups excluding carboxylic acids is 3. The fourth-order valence-electron chi connectivity index (χ4n) is 2.29. The molecule has 0 bridgehead atoms. The molecule has 0 saturated carbocycles. The topological polar surface area (TPSA) is 75.7 Å². The van der Waals surface area contributed by atoms with E-state index in [1.165, 1.54) is 11.8 Å². The van der Waals surface area contributed by atoms with Crippen LogP contribution < -0.4 is 10.2 Å². The van der Waals surface area contributed by atoms with Crippen molar-refractivity contribution in [2.24, 2.45) is 0 Å². The highest BCUT2D eigenvalue weighted by atomic mass is 16.6. The zero-order chi connectivity index (χ0) is 16.1. The quantitative estimate of drug-likeness (QED) is 0.817. The van der Waals surface area contributed by atoms with Crippen molar-refractivity contribution in [2.75, 3.05) is 18.0 Å². The van der Waals surface area contributed by atoms with Gasteiger partial charge in [-0.25, -0.2) is 4.79 Å². The first-order chi connectivity index (χ1) is 10.5. The normalized spacial score (nSPS) is 17.3. The number of hydrogen-bond donors (Lipinski definition) is 1. The second kappa shape index (κ2) is 7.06. The van der Waals surface area contributed by atoms with Crippen LogP contribution in [-0.4, -0.2) is 37.0 Å². The number of amides is 2. The molecule has 22 heavy (non-hydrogen) atoms. The van der Waals surface area contributed by atoms with Crippen LogP contribution in [0.3, 0.4) is 0 Å². The Morgan fingerprint density at radius 1 is 1.32 bits per heavy atom. The van der Waals surface area contributed by atoms with E-state index in [1.54, 1.807) is 24.3 Å². The average molecular weight is 304 g/mol. The zero-order valence-electron chi connectivity index (χ0n) is 12.8. The van der Waals surface area contributed by atoms with Gasteiger partial charge in [0.1, 0.15) is 6.10 Å². The van der Waals surface area contributed by atoms with Gasteiger partial charge in [-0.3, -0.25) is 14.5 Å². The largest absolute Gasteiger partial charge is 0.442 e. The van der Waals surface area contributed by atoms with E-state index >= 15 is 0 Å². The summed E-state index contributed by atoms with van der Waals surface area (Å²) in [7, 11) is 0. The van der Waals surface area contributed by atoms with E-state index in [9.17, 15) is 14.4 Å². The minimum absolute atomic E-state index is 0.0987. The lowest BCUT2D eigenvalue weighted by Crippen LogP contribution is -2.33. The maximum atomic E-state index is 11.9. The second-order valence-electron chi connectivity index (χ2n) is 5.27. The van der Waals surface area contributed by atoms with Crippen LogP contribution in [0.1, 0.15) is 37.0 Å². The summed E-state index contributed by atoms with van der Waals surface area (Å²) in [6.45, 7) is 4.05. The van der Waals surface area contributed by atoms with Gasteiger partial charge in [-0.1, -0.05) is 6.92 Å². The maximum Gasteiger partial charge on any atom is 0.414 e. The first kappa shape index (κ1) is 16.0. The highest BCUT2D eigenvalue weighted by molar-refractivity contribution is 5.97. The SMILES string of the molecule is CCCC(=O)c1ccc(N2C[C@H](CNC(C)=O)OC2=O)cc1. The van der Waals surface area contributed by atoms with E-state index in [-0.39, 0.29) is 17.8 Å². The summed E-state index contributed by atoms with van der Waals surface area (Å²) in [5, 5.41) is 2.63. The number of ketones is 1. The van der Waals surface area contributed by atoms with Crippen LogP contribution in [0.25, 0.3) is 0 Å². The van der Waals surface area contributed by atoms with Crippen molar-refractivity contribution in [3.05, 3.63) is 29.8 Å². The van der Waals surface area contributed by atoms with Crippen molar-refractivity contribution in [2.45, 2.75) is 32.8 Å². The smallest absolute Gasteiger partial charge is 0.414 e. The number of hydrogen-bond acceptors (Lipinski definition) is 4. The zero-order valence-corrected chi connectivity index (χ0v) is 12.8. The molecule has 1 aliphatic heterocycles. The van der Waals surface area contributed by atoms with Crippen LogP contribution >= 0.6 is 0 Å². The Morgan fingerprint density at radius 2 is 2.00 bits per heavy atom. The van der Waals surface area contributed by atoms with Crippen molar-refractivity contribution in [1.29, 1.82) is 0 Å². The van der Waals surface area contributed by atoms with Gasteiger partial charge in [-0.05, 0) is 30.7 Å². The lowest BCUT2D eigenvalue weighted by atomic mass is 10.1. The molecule has 1 N–H and O–H groups in total. The van der Waals surface area contributed by atoms with Gasteiger partial charge in [0.2, 0.25) is 5.91 Å². The van der Waals surface area contributed by atoms with Gasteiger partial charge in [0.15, 0.2) is 5.78 Å². The van der Waals surface area contributed by atoms with Gasteiger partial charge in [-0.15, -0.1) is 0 Å². The fourth-order valence-corrected chi connectivity index (χ4v) is 2.29. The van der Waals surface area contributed by atoms with E-state index in [4.69, 9.17) is 4.74 Å². The highest BCUT2D eigenvalue weighted by Crippen LogP contribution is 2.22. The van der Waals surface area contributed by atoms with Crippen LogP contribution in [0.4, 0.5) is 10.5 Å². The standard InChI is InChI=1S/C16H20N2O4/c1-3-4-15(20)12-5-7-13(8-6-12)18-10-14(22-16(18)21)9-17-11(2)19/h5-8,14H,3-4,9-10H2,1-2H3,(H,17,19)/t14-/m0/s1. The molecule has 1 aromatic carbocycles. The Morgan fingerprint density at radius 3 is 2.59 bits per heavy atom. The molecule has 6 heteroatoms. The summed E-state index contributed by atoms with van der Waals surface area (Å²) in [5.41, 5.74) is 1.33. The molecule has 118 valence electrons. The number of benzene rings is 1. The fraction of sp³-hybridized carbons (Fsp3) is 0.438. The van der Waals surface area contributed by atoms with Crippen LogP contribution in [0.2, 0.25) is 0 Å². The first-order valence-corrected chi connectivity index (χ1v) is 7.37. The predicted octanol–water partition coefficient (Wildman–Crippen LogP) is 2.13. The molecule has 1 aromatic rings. The highest BCUT2D eigenvalue weighted by Gasteiger charge is 2.32. The molecule has 0 spiro atoms. The van der Waals surface area contributed by atoms with Gasteiger partial charge in [-0.2, -0.15) is 0 Å². The number of cyclic esters (lactones) is 1. The van der Waals surface area contributed by atoms with E-state index in [2.05, 4.69) is 5.32 Å². The summed E-state index contributed by atoms with van der Waals surface area (Å²) >= 11 is 0. The van der Waals surface area contributed by atoms with Gasteiger partial charge in [0, 0.05) is 24.6 Å². The Kier molecular flexibility index (Phi) is 5.14. The number of rotatable bonds is 6. The molecule has 1 saturated heterocycles. The van der Waals surface area contributed by atoms with Crippen molar-refractivity contribution < 1.29 is 19.1 Å². The van der Waals surface area contributed by atoms with Gasteiger partial charge in [0.05, 0.1) is 13.1 Å². The van der Waals surface area contributed by atoms with E-state index in [0.29, 0.717) is 30.8 Å². The monoisotopic (exact) mass is 304 g/mol. The Hall–Kier alpha value is -2.37. The summed E-state index contributed by atoms with van der Waals surface area (Å²) in [4.78, 5) is 36.1. The summed E-state index contributed by atoms with van der Waals surface area (Å²) in [6, 6.07) is 6.93. The van der Waals surface area contributed by atoms with Crippen LogP contribution in [0, 0.1) is 0 Å². The Balaban J connectivity index is 2.01. The van der Waals surface area contributed by atoms with E-state index < -0.39 is 6.09 Å². The lowest BCUT2D eigenvalue weighted by Gasteiger charge is -2.13. The molecule has 1 aliphatic rings. The van der Waals surface area contributed by atoms with Crippen molar-refractivity contribution in [3.63, 3.8) is 0 Å². The third-order valence-electron chi connectivity index (χ3n) is 3.43. The minimum atomic E-state index is -0.442. The maximum absolute atomic E-state index is 11.9. The van der Waals surface area contributed by atoms with Gasteiger partial charge >= 0.3 is 6.09 Å². The Bertz CT molecular complexity index is 568. The van der Waals surface area contributed by atoms with Crippen LogP contribution in [0.15, 0.2) is 24.3 Å². The van der Waals surface area contributed by atoms with Gasteiger partial charge in [0.25, 0.3) is 0 Å². The average Bonchev–Trinajstić information content (AvgIpc) is 2.86. The van der Waals surface area contributed by atoms with Crippen molar-refractivity contribution in [3.8, 4) is 0 Å². The number of carbonyl (C=O) groups is 3. The molecule has 1 heterocycles. The number of Topliss-reactive ketones (excluding diaryl/α,β-unsaturated/α-hetero) is 1. The van der Waals surface area contributed by atoms with E-state index in [1.807, 2.05) is 6.92 Å². The molecular weight excluding hydrogens is 284 g/mol. The van der Waals surface area contributed by atoms with Crippen molar-refractivity contribution >= 4 is 23.5 Å². The molecule has 0 aromatic heterocycles. The molecule has 0 unspecified atom stereocenters. The number of nitrogens with zero attached hydrogens (tertiary/aromatic N) is 1. The van der Waals surface area contributed by atoms with Crippen molar-refractivity contribution in [1.82, 2.24) is 5.32 Å². The third-order valence-corrected chi connectivity index (χ3v) is 3.43. The molecule has 1 atom stereocenters. The first-order valence-electron chi connectivity index (χ1n) is 7.37. The number of ether oxygens (including phenoxy) is 1. The third kappa shape index (κ3) is 3.84.